The number of benzene rings is 1. The Bertz CT molecular complexity index is 1060. The summed E-state index contributed by atoms with van der Waals surface area (Å²) < 4.78 is 4.39. The van der Waals surface area contributed by atoms with Gasteiger partial charge in [0.1, 0.15) is 0 Å². The molecule has 0 unspecified atom stereocenters. The maximum Gasteiger partial charge on any atom is 0.404 e. The standard InChI is InChI=1S/C22H24N4OS.C4H9NO2/c27-22(25-13-16-7-3-1-4-8-16)26-18-11-12-19(23-14-18)20-15-24-21(28-20)17-9-5-2-6-10-17;1-3(2)7-4(5)6/h1,3-4,7-8,11-12,14-15,17H,2,5-6,9-10,13H2,(H2,25,26,27);3H,1-2H3,(H2,5,6). The van der Waals surface area contributed by atoms with Crippen molar-refractivity contribution in [3.8, 4) is 10.6 Å². The second-order valence-electron chi connectivity index (χ2n) is 8.61. The Morgan fingerprint density at radius 1 is 1.06 bits per heavy atom. The summed E-state index contributed by atoms with van der Waals surface area (Å²) in [4.78, 5) is 32.1. The van der Waals surface area contributed by atoms with Crippen LogP contribution in [-0.2, 0) is 11.3 Å². The van der Waals surface area contributed by atoms with E-state index < -0.39 is 6.09 Å². The molecule has 0 radical (unpaired) electrons. The number of nitrogens with zero attached hydrogens (tertiary/aromatic N) is 2. The lowest BCUT2D eigenvalue weighted by atomic mass is 9.90. The Balaban J connectivity index is 0.000000429. The maximum absolute atomic E-state index is 12.1. The van der Waals surface area contributed by atoms with Gasteiger partial charge in [-0.2, -0.15) is 0 Å². The molecule has 0 bridgehead atoms. The van der Waals surface area contributed by atoms with Gasteiger partial charge in [-0.15, -0.1) is 11.3 Å². The molecule has 8 nitrogen and oxygen atoms in total. The minimum absolute atomic E-state index is 0.0995. The van der Waals surface area contributed by atoms with E-state index in [1.165, 1.54) is 37.1 Å². The zero-order valence-corrected chi connectivity index (χ0v) is 21.0. The molecule has 3 amide bonds. The van der Waals surface area contributed by atoms with Crippen LogP contribution >= 0.6 is 11.3 Å². The first-order chi connectivity index (χ1) is 16.9. The molecule has 35 heavy (non-hydrogen) atoms. The van der Waals surface area contributed by atoms with Gasteiger partial charge in [-0.05, 0) is 44.4 Å². The highest BCUT2D eigenvalue weighted by atomic mass is 32.1. The first-order valence-corrected chi connectivity index (χ1v) is 12.7. The number of hydrogen-bond donors (Lipinski definition) is 3. The van der Waals surface area contributed by atoms with Crippen LogP contribution in [0.4, 0.5) is 15.3 Å². The van der Waals surface area contributed by atoms with E-state index in [0.29, 0.717) is 18.2 Å². The van der Waals surface area contributed by atoms with E-state index in [1.54, 1.807) is 31.4 Å². The van der Waals surface area contributed by atoms with Gasteiger partial charge in [-0.1, -0.05) is 49.6 Å². The molecule has 0 atom stereocenters. The summed E-state index contributed by atoms with van der Waals surface area (Å²) in [5, 5.41) is 6.91. The van der Waals surface area contributed by atoms with Crippen molar-refractivity contribution in [2.24, 2.45) is 5.73 Å². The van der Waals surface area contributed by atoms with Crippen molar-refractivity contribution in [3.05, 3.63) is 65.4 Å². The van der Waals surface area contributed by atoms with Gasteiger partial charge in [0.2, 0.25) is 0 Å². The SMILES string of the molecule is CC(C)OC(N)=O.O=C(NCc1ccccc1)Nc1ccc(-c2cnc(C3CCCCC3)s2)nc1. The van der Waals surface area contributed by atoms with Crippen LogP contribution in [-0.4, -0.2) is 28.2 Å². The molecule has 186 valence electrons. The number of rotatable bonds is 6. The van der Waals surface area contributed by atoms with Gasteiger partial charge in [-0.3, -0.25) is 4.98 Å². The number of anilines is 1. The molecule has 1 aliphatic carbocycles. The number of amides is 3. The Labute approximate surface area is 210 Å². The Kier molecular flexibility index (Phi) is 10.0. The van der Waals surface area contributed by atoms with Crippen LogP contribution in [0.1, 0.15) is 62.4 Å². The highest BCUT2D eigenvalue weighted by Crippen LogP contribution is 2.37. The fourth-order valence-corrected chi connectivity index (χ4v) is 4.81. The third-order valence-corrected chi connectivity index (χ3v) is 6.58. The van der Waals surface area contributed by atoms with Gasteiger partial charge in [0.15, 0.2) is 0 Å². The highest BCUT2D eigenvalue weighted by molar-refractivity contribution is 7.15. The van der Waals surface area contributed by atoms with Crippen LogP contribution in [0.2, 0.25) is 0 Å². The largest absolute Gasteiger partial charge is 0.447 e. The quantitative estimate of drug-likeness (QED) is 0.384. The van der Waals surface area contributed by atoms with Gasteiger partial charge in [0, 0.05) is 18.7 Å². The first kappa shape index (κ1) is 26.2. The molecule has 2 aromatic heterocycles. The van der Waals surface area contributed by atoms with Crippen LogP contribution in [0.5, 0.6) is 0 Å². The number of nitrogens with one attached hydrogen (secondary N) is 2. The number of hydrogen-bond acceptors (Lipinski definition) is 6. The van der Waals surface area contributed by atoms with E-state index >= 15 is 0 Å². The van der Waals surface area contributed by atoms with Gasteiger partial charge < -0.3 is 21.1 Å². The topological polar surface area (TPSA) is 119 Å². The summed E-state index contributed by atoms with van der Waals surface area (Å²) in [6, 6.07) is 13.4. The predicted octanol–water partition coefficient (Wildman–Crippen LogP) is 6.06. The number of pyridine rings is 1. The van der Waals surface area contributed by atoms with E-state index in [1.807, 2.05) is 48.7 Å². The summed E-state index contributed by atoms with van der Waals surface area (Å²) in [7, 11) is 0. The van der Waals surface area contributed by atoms with E-state index in [9.17, 15) is 9.59 Å². The maximum atomic E-state index is 12.1. The lowest BCUT2D eigenvalue weighted by Crippen LogP contribution is -2.28. The van der Waals surface area contributed by atoms with Gasteiger partial charge in [0.25, 0.3) is 0 Å². The van der Waals surface area contributed by atoms with Gasteiger partial charge in [0.05, 0.1) is 33.6 Å². The first-order valence-electron chi connectivity index (χ1n) is 11.9. The molecule has 9 heteroatoms. The smallest absolute Gasteiger partial charge is 0.404 e. The molecule has 1 saturated carbocycles. The van der Waals surface area contributed by atoms with E-state index in [4.69, 9.17) is 0 Å². The van der Waals surface area contributed by atoms with E-state index in [0.717, 1.165) is 16.1 Å². The number of primary amides is 1. The minimum Gasteiger partial charge on any atom is -0.447 e. The molecule has 1 aromatic carbocycles. The fraction of sp³-hybridized carbons (Fsp3) is 0.385. The lowest BCUT2D eigenvalue weighted by molar-refractivity contribution is 0.125. The summed E-state index contributed by atoms with van der Waals surface area (Å²) in [5.41, 5.74) is 7.26. The molecule has 2 heterocycles. The summed E-state index contributed by atoms with van der Waals surface area (Å²) in [6.07, 6.45) is 9.28. The zero-order valence-electron chi connectivity index (χ0n) is 20.2. The average molecular weight is 496 g/mol. The molecule has 0 aliphatic heterocycles. The van der Waals surface area contributed by atoms with Gasteiger partial charge in [-0.25, -0.2) is 14.6 Å². The second-order valence-corrected chi connectivity index (χ2v) is 9.67. The van der Waals surface area contributed by atoms with Crippen molar-refractivity contribution < 1.29 is 14.3 Å². The zero-order chi connectivity index (χ0) is 25.0. The van der Waals surface area contributed by atoms with Crippen molar-refractivity contribution in [1.82, 2.24) is 15.3 Å². The van der Waals surface area contributed by atoms with E-state index in [-0.39, 0.29) is 12.1 Å². The van der Waals surface area contributed by atoms with Crippen LogP contribution in [0.15, 0.2) is 54.9 Å². The molecule has 4 rings (SSSR count). The van der Waals surface area contributed by atoms with Crippen molar-refractivity contribution >= 4 is 29.1 Å². The fourth-order valence-electron chi connectivity index (χ4n) is 3.74. The Hall–Kier alpha value is -3.46. The Morgan fingerprint density at radius 3 is 2.40 bits per heavy atom. The van der Waals surface area contributed by atoms with Crippen molar-refractivity contribution in [3.63, 3.8) is 0 Å². The monoisotopic (exact) mass is 495 g/mol. The molecule has 3 aromatic rings. The third-order valence-electron chi connectivity index (χ3n) is 5.40. The summed E-state index contributed by atoms with van der Waals surface area (Å²) >= 11 is 1.74. The second kappa shape index (κ2) is 13.4. The molecule has 0 saturated heterocycles. The van der Waals surface area contributed by atoms with Gasteiger partial charge >= 0.3 is 12.1 Å². The van der Waals surface area contributed by atoms with Crippen LogP contribution in [0.25, 0.3) is 10.6 Å². The number of urea groups is 1. The van der Waals surface area contributed by atoms with Crippen LogP contribution in [0.3, 0.4) is 0 Å². The van der Waals surface area contributed by atoms with Crippen LogP contribution < -0.4 is 16.4 Å². The molecule has 0 spiro atoms. The van der Waals surface area contributed by atoms with Crippen molar-refractivity contribution in [2.75, 3.05) is 5.32 Å². The van der Waals surface area contributed by atoms with Crippen molar-refractivity contribution in [2.45, 2.75) is 64.5 Å². The number of nitrogens with two attached hydrogens (primary N) is 1. The molecule has 4 N–H and O–H groups in total. The normalized spacial score (nSPS) is 13.5. The lowest BCUT2D eigenvalue weighted by Gasteiger charge is -2.18. The average Bonchev–Trinajstić information content (AvgIpc) is 3.34. The Morgan fingerprint density at radius 2 is 1.80 bits per heavy atom. The van der Waals surface area contributed by atoms with Crippen molar-refractivity contribution in [1.29, 1.82) is 0 Å². The summed E-state index contributed by atoms with van der Waals surface area (Å²) in [6.45, 7) is 3.97. The number of ether oxygens (including phenoxy) is 1. The number of carbonyl (C=O) groups is 2. The molecular weight excluding hydrogens is 462 g/mol. The highest BCUT2D eigenvalue weighted by Gasteiger charge is 2.19. The molecular formula is C26H33N5O3S. The number of carbonyl (C=O) groups excluding carboxylic acids is 2. The minimum atomic E-state index is -0.713. The van der Waals surface area contributed by atoms with Crippen LogP contribution in [0, 0.1) is 0 Å². The third kappa shape index (κ3) is 9.01. The van der Waals surface area contributed by atoms with E-state index in [2.05, 4.69) is 31.1 Å². The predicted molar refractivity (Wildman–Crippen MR) is 139 cm³/mol. The number of aromatic nitrogens is 2. The summed E-state index contributed by atoms with van der Waals surface area (Å²) in [5.74, 6) is 0.613. The molecule has 1 aliphatic rings. The number of thiazole rings is 1. The molecule has 1 fully saturated rings.